The Bertz CT molecular complexity index is 938. The third-order valence-corrected chi connectivity index (χ3v) is 5.48. The maximum absolute atomic E-state index is 13.0. The fraction of sp³-hybridized carbons (Fsp3) is 0.261. The lowest BCUT2D eigenvalue weighted by molar-refractivity contribution is 0.0746. The fourth-order valence-corrected chi connectivity index (χ4v) is 3.72. The van der Waals surface area contributed by atoms with Crippen LogP contribution in [0.15, 0.2) is 67.0 Å². The van der Waals surface area contributed by atoms with Crippen LogP contribution >= 0.6 is 0 Å². The van der Waals surface area contributed by atoms with E-state index in [0.717, 1.165) is 37.4 Å². The number of anilines is 1. The van der Waals surface area contributed by atoms with Crippen molar-refractivity contribution < 1.29 is 4.79 Å². The third kappa shape index (κ3) is 3.47. The van der Waals surface area contributed by atoms with Crippen molar-refractivity contribution in [3.05, 3.63) is 83.7 Å². The molecule has 4 rings (SSSR count). The maximum atomic E-state index is 13.0. The summed E-state index contributed by atoms with van der Waals surface area (Å²) in [5, 5.41) is 0. The molecule has 1 saturated heterocycles. The third-order valence-electron chi connectivity index (χ3n) is 5.48. The average molecular weight is 359 g/mol. The summed E-state index contributed by atoms with van der Waals surface area (Å²) < 4.78 is 2.02. The van der Waals surface area contributed by atoms with Crippen LogP contribution in [-0.2, 0) is 0 Å². The van der Waals surface area contributed by atoms with Crippen molar-refractivity contribution in [2.45, 2.75) is 13.8 Å². The Labute approximate surface area is 160 Å². The first kappa shape index (κ1) is 17.4. The van der Waals surface area contributed by atoms with E-state index in [1.165, 1.54) is 16.8 Å². The zero-order valence-electron chi connectivity index (χ0n) is 15.9. The van der Waals surface area contributed by atoms with Crippen molar-refractivity contribution in [2.75, 3.05) is 31.1 Å². The number of carbonyl (C=O) groups excluding carboxylic acids is 1. The second-order valence-electron chi connectivity index (χ2n) is 7.14. The first-order valence-corrected chi connectivity index (χ1v) is 9.47. The molecule has 1 fully saturated rings. The highest BCUT2D eigenvalue weighted by molar-refractivity contribution is 5.95. The minimum atomic E-state index is 0.115. The van der Waals surface area contributed by atoms with E-state index in [9.17, 15) is 4.79 Å². The highest BCUT2D eigenvalue weighted by Gasteiger charge is 2.23. The van der Waals surface area contributed by atoms with Crippen molar-refractivity contribution in [3.63, 3.8) is 0 Å². The Balaban J connectivity index is 1.46. The predicted molar refractivity (Wildman–Crippen MR) is 110 cm³/mol. The summed E-state index contributed by atoms with van der Waals surface area (Å²) in [6, 6.07) is 18.3. The molecule has 4 nitrogen and oxygen atoms in total. The van der Waals surface area contributed by atoms with Gasteiger partial charge in [0.2, 0.25) is 0 Å². The molecule has 0 saturated carbocycles. The largest absolute Gasteiger partial charge is 0.368 e. The van der Waals surface area contributed by atoms with Crippen molar-refractivity contribution in [3.8, 4) is 5.69 Å². The van der Waals surface area contributed by atoms with Gasteiger partial charge in [-0.05, 0) is 61.4 Å². The van der Waals surface area contributed by atoms with Crippen LogP contribution in [0, 0.1) is 13.8 Å². The minimum Gasteiger partial charge on any atom is -0.368 e. The molecular weight excluding hydrogens is 334 g/mol. The molecule has 1 aromatic heterocycles. The normalized spacial score (nSPS) is 14.4. The molecule has 0 radical (unpaired) electrons. The molecule has 138 valence electrons. The van der Waals surface area contributed by atoms with E-state index in [1.807, 2.05) is 58.3 Å². The Morgan fingerprint density at radius 1 is 0.852 bits per heavy atom. The van der Waals surface area contributed by atoms with Crippen molar-refractivity contribution in [1.82, 2.24) is 9.47 Å². The highest BCUT2D eigenvalue weighted by Crippen LogP contribution is 2.24. The summed E-state index contributed by atoms with van der Waals surface area (Å²) in [6.07, 6.45) is 3.99. The molecule has 3 aromatic rings. The van der Waals surface area contributed by atoms with Gasteiger partial charge in [0, 0.05) is 55.5 Å². The predicted octanol–water partition coefficient (Wildman–Crippen LogP) is 4.06. The van der Waals surface area contributed by atoms with Crippen LogP contribution in [0.3, 0.4) is 0 Å². The smallest absolute Gasteiger partial charge is 0.254 e. The molecule has 0 bridgehead atoms. The van der Waals surface area contributed by atoms with E-state index >= 15 is 0 Å². The minimum absolute atomic E-state index is 0.115. The summed E-state index contributed by atoms with van der Waals surface area (Å²) in [4.78, 5) is 17.3. The molecule has 2 aromatic carbocycles. The molecule has 0 atom stereocenters. The second-order valence-corrected chi connectivity index (χ2v) is 7.14. The molecule has 1 aliphatic rings. The number of nitrogens with zero attached hydrogens (tertiary/aromatic N) is 3. The van der Waals surface area contributed by atoms with Crippen LogP contribution in [0.2, 0.25) is 0 Å². The zero-order valence-corrected chi connectivity index (χ0v) is 15.9. The van der Waals surface area contributed by atoms with Gasteiger partial charge in [-0.3, -0.25) is 4.79 Å². The van der Waals surface area contributed by atoms with E-state index in [1.54, 1.807) is 0 Å². The van der Waals surface area contributed by atoms with Gasteiger partial charge in [-0.2, -0.15) is 0 Å². The number of carbonyl (C=O) groups is 1. The van der Waals surface area contributed by atoms with Gasteiger partial charge in [-0.25, -0.2) is 0 Å². The monoisotopic (exact) mass is 359 g/mol. The zero-order chi connectivity index (χ0) is 18.8. The molecule has 2 heterocycles. The quantitative estimate of drug-likeness (QED) is 0.706. The number of hydrogen-bond acceptors (Lipinski definition) is 2. The molecule has 0 unspecified atom stereocenters. The van der Waals surface area contributed by atoms with Crippen LogP contribution in [0.5, 0.6) is 0 Å². The number of hydrogen-bond donors (Lipinski definition) is 0. The van der Waals surface area contributed by atoms with Gasteiger partial charge in [-0.1, -0.05) is 18.2 Å². The van der Waals surface area contributed by atoms with E-state index in [0.29, 0.717) is 0 Å². The van der Waals surface area contributed by atoms with Crippen molar-refractivity contribution in [2.24, 2.45) is 0 Å². The van der Waals surface area contributed by atoms with E-state index < -0.39 is 0 Å². The maximum Gasteiger partial charge on any atom is 0.254 e. The van der Waals surface area contributed by atoms with Crippen LogP contribution < -0.4 is 4.90 Å². The summed E-state index contributed by atoms with van der Waals surface area (Å²) in [6.45, 7) is 7.56. The molecule has 1 aliphatic heterocycles. The van der Waals surface area contributed by atoms with Crippen LogP contribution in [0.1, 0.15) is 21.5 Å². The van der Waals surface area contributed by atoms with E-state index in [2.05, 4.69) is 36.9 Å². The Morgan fingerprint density at radius 2 is 1.56 bits per heavy atom. The van der Waals surface area contributed by atoms with E-state index in [-0.39, 0.29) is 5.91 Å². The lowest BCUT2D eigenvalue weighted by atomic mass is 10.1. The van der Waals surface area contributed by atoms with Crippen molar-refractivity contribution >= 4 is 11.6 Å². The topological polar surface area (TPSA) is 28.5 Å². The van der Waals surface area contributed by atoms with Gasteiger partial charge in [-0.15, -0.1) is 0 Å². The van der Waals surface area contributed by atoms with Crippen LogP contribution in [0.25, 0.3) is 5.69 Å². The van der Waals surface area contributed by atoms with Gasteiger partial charge < -0.3 is 14.4 Å². The molecule has 0 spiro atoms. The van der Waals surface area contributed by atoms with Crippen molar-refractivity contribution in [1.29, 1.82) is 0 Å². The summed E-state index contributed by atoms with van der Waals surface area (Å²) in [5.74, 6) is 0.115. The van der Waals surface area contributed by atoms with Gasteiger partial charge in [0.1, 0.15) is 0 Å². The first-order chi connectivity index (χ1) is 13.1. The summed E-state index contributed by atoms with van der Waals surface area (Å²) in [5.41, 5.74) is 5.70. The molecule has 27 heavy (non-hydrogen) atoms. The van der Waals surface area contributed by atoms with Gasteiger partial charge in [0.25, 0.3) is 5.91 Å². The summed E-state index contributed by atoms with van der Waals surface area (Å²) in [7, 11) is 0. The molecule has 4 heteroatoms. The Morgan fingerprint density at radius 3 is 2.30 bits per heavy atom. The number of amides is 1. The lowest BCUT2D eigenvalue weighted by Crippen LogP contribution is -2.49. The Hall–Kier alpha value is -3.01. The molecule has 0 N–H and O–H groups in total. The number of aryl methyl sites for hydroxylation is 1. The van der Waals surface area contributed by atoms with E-state index in [4.69, 9.17) is 0 Å². The number of piperazine rings is 1. The van der Waals surface area contributed by atoms with Crippen LogP contribution in [0.4, 0.5) is 5.69 Å². The number of benzene rings is 2. The van der Waals surface area contributed by atoms with Crippen LogP contribution in [-0.4, -0.2) is 41.6 Å². The number of rotatable bonds is 3. The Kier molecular flexibility index (Phi) is 4.71. The standard InChI is InChI=1S/C23H25N3O/c1-18-7-5-10-22(19(18)2)25-13-15-26(16-14-25)23(27)20-8-6-9-21(17-20)24-11-3-4-12-24/h3-12,17H,13-16H2,1-2H3. The second kappa shape index (κ2) is 7.31. The summed E-state index contributed by atoms with van der Waals surface area (Å²) >= 11 is 0. The highest BCUT2D eigenvalue weighted by atomic mass is 16.2. The fourth-order valence-electron chi connectivity index (χ4n) is 3.72. The lowest BCUT2D eigenvalue weighted by Gasteiger charge is -2.37. The molecule has 1 amide bonds. The first-order valence-electron chi connectivity index (χ1n) is 9.47. The number of aromatic nitrogens is 1. The van der Waals surface area contributed by atoms with Gasteiger partial charge in [0.15, 0.2) is 0 Å². The van der Waals surface area contributed by atoms with Gasteiger partial charge >= 0.3 is 0 Å². The average Bonchev–Trinajstić information content (AvgIpc) is 3.25. The SMILES string of the molecule is Cc1cccc(N2CCN(C(=O)c3cccc(-n4cccc4)c3)CC2)c1C. The molecule has 0 aliphatic carbocycles. The molecular formula is C23H25N3O. The van der Waals surface area contributed by atoms with Gasteiger partial charge in [0.05, 0.1) is 0 Å².